The normalized spacial score (nSPS) is 11.6. The zero-order chi connectivity index (χ0) is 21.7. The lowest BCUT2D eigenvalue weighted by Crippen LogP contribution is -2.47. The van der Waals surface area contributed by atoms with Gasteiger partial charge in [0.1, 0.15) is 11.6 Å². The number of halogens is 1. The summed E-state index contributed by atoms with van der Waals surface area (Å²) in [7, 11) is 0. The van der Waals surface area contributed by atoms with Crippen molar-refractivity contribution in [3.63, 3.8) is 0 Å². The van der Waals surface area contributed by atoms with E-state index in [1.165, 1.54) is 54.2 Å². The SMILES string of the molecule is CCc1c(C(=O)NNC(=O)C(C)Oc2ccc(F)cc2)cnn1-c1ccc(=O)[nH]n1. The smallest absolute Gasteiger partial charge is 0.279 e. The molecule has 2 aromatic heterocycles. The summed E-state index contributed by atoms with van der Waals surface area (Å²) in [5.41, 5.74) is 5.01. The molecule has 30 heavy (non-hydrogen) atoms. The monoisotopic (exact) mass is 414 g/mol. The van der Waals surface area contributed by atoms with Gasteiger partial charge in [-0.3, -0.25) is 25.2 Å². The predicted molar refractivity (Wildman–Crippen MR) is 103 cm³/mol. The molecule has 0 aliphatic rings. The molecule has 0 bridgehead atoms. The second-order valence-electron chi connectivity index (χ2n) is 6.21. The van der Waals surface area contributed by atoms with Crippen LogP contribution in [0.25, 0.3) is 5.82 Å². The first-order chi connectivity index (χ1) is 14.4. The van der Waals surface area contributed by atoms with Crippen molar-refractivity contribution >= 4 is 11.8 Å². The number of nitrogens with zero attached hydrogens (tertiary/aromatic N) is 3. The zero-order valence-electron chi connectivity index (χ0n) is 16.2. The molecule has 2 heterocycles. The summed E-state index contributed by atoms with van der Waals surface area (Å²) in [6.45, 7) is 3.31. The highest BCUT2D eigenvalue weighted by Crippen LogP contribution is 2.14. The Labute approximate surface area is 170 Å². The summed E-state index contributed by atoms with van der Waals surface area (Å²) in [4.78, 5) is 35.9. The topological polar surface area (TPSA) is 131 Å². The summed E-state index contributed by atoms with van der Waals surface area (Å²) < 4.78 is 19.8. The molecule has 1 atom stereocenters. The van der Waals surface area contributed by atoms with Crippen molar-refractivity contribution in [2.45, 2.75) is 26.4 Å². The minimum atomic E-state index is -0.936. The fourth-order valence-electron chi connectivity index (χ4n) is 2.61. The number of carbonyl (C=O) groups is 2. The van der Waals surface area contributed by atoms with Gasteiger partial charge in [0.2, 0.25) is 0 Å². The molecular formula is C19H19FN6O4. The highest BCUT2D eigenvalue weighted by atomic mass is 19.1. The highest BCUT2D eigenvalue weighted by molar-refractivity contribution is 5.96. The quantitative estimate of drug-likeness (QED) is 0.514. The Morgan fingerprint density at radius 3 is 2.57 bits per heavy atom. The molecule has 3 aromatic rings. The number of rotatable bonds is 6. The lowest BCUT2D eigenvalue weighted by atomic mass is 10.2. The fraction of sp³-hybridized carbons (Fsp3) is 0.211. The number of aromatic nitrogens is 4. The number of amides is 2. The Morgan fingerprint density at radius 2 is 1.93 bits per heavy atom. The number of aromatic amines is 1. The molecule has 3 rings (SSSR count). The average Bonchev–Trinajstić information content (AvgIpc) is 3.18. The van der Waals surface area contributed by atoms with Crippen LogP contribution in [0.2, 0.25) is 0 Å². The van der Waals surface area contributed by atoms with Gasteiger partial charge in [-0.1, -0.05) is 6.92 Å². The van der Waals surface area contributed by atoms with E-state index in [2.05, 4.69) is 26.1 Å². The molecular weight excluding hydrogens is 395 g/mol. The van der Waals surface area contributed by atoms with Crippen LogP contribution < -0.4 is 21.1 Å². The molecule has 3 N–H and O–H groups in total. The lowest BCUT2D eigenvalue weighted by molar-refractivity contribution is -0.128. The maximum atomic E-state index is 12.9. The number of nitrogens with one attached hydrogen (secondary N) is 3. The minimum absolute atomic E-state index is 0.234. The van der Waals surface area contributed by atoms with Gasteiger partial charge >= 0.3 is 0 Å². The molecule has 1 unspecified atom stereocenters. The van der Waals surface area contributed by atoms with Crippen LogP contribution in [0.4, 0.5) is 4.39 Å². The minimum Gasteiger partial charge on any atom is -0.481 e. The van der Waals surface area contributed by atoms with Crippen molar-refractivity contribution in [1.82, 2.24) is 30.8 Å². The summed E-state index contributed by atoms with van der Waals surface area (Å²) in [5, 5.41) is 10.3. The summed E-state index contributed by atoms with van der Waals surface area (Å²) in [6, 6.07) is 7.98. The van der Waals surface area contributed by atoms with Crippen molar-refractivity contribution in [1.29, 1.82) is 0 Å². The van der Waals surface area contributed by atoms with Gasteiger partial charge in [0.15, 0.2) is 11.9 Å². The first-order valence-corrected chi connectivity index (χ1v) is 9.04. The van der Waals surface area contributed by atoms with Gasteiger partial charge in [0, 0.05) is 6.07 Å². The van der Waals surface area contributed by atoms with E-state index in [4.69, 9.17) is 4.74 Å². The third-order valence-corrected chi connectivity index (χ3v) is 4.12. The summed E-state index contributed by atoms with van der Waals surface area (Å²) in [6.07, 6.45) is 0.849. The number of hydrogen-bond acceptors (Lipinski definition) is 6. The van der Waals surface area contributed by atoms with Gasteiger partial charge in [-0.15, -0.1) is 0 Å². The van der Waals surface area contributed by atoms with Gasteiger partial charge in [-0.2, -0.15) is 10.2 Å². The third-order valence-electron chi connectivity index (χ3n) is 4.12. The van der Waals surface area contributed by atoms with Gasteiger partial charge in [0.25, 0.3) is 17.4 Å². The summed E-state index contributed by atoms with van der Waals surface area (Å²) in [5.74, 6) is -0.939. The van der Waals surface area contributed by atoms with Gasteiger partial charge in [-0.25, -0.2) is 14.2 Å². The molecule has 10 nitrogen and oxygen atoms in total. The molecule has 11 heteroatoms. The Bertz CT molecular complexity index is 1090. The van der Waals surface area contributed by atoms with Crippen LogP contribution in [0, 0.1) is 5.82 Å². The van der Waals surface area contributed by atoms with Crippen LogP contribution >= 0.6 is 0 Å². The first kappa shape index (κ1) is 20.7. The van der Waals surface area contributed by atoms with Crippen LogP contribution in [0.15, 0.2) is 47.4 Å². The Balaban J connectivity index is 1.64. The lowest BCUT2D eigenvalue weighted by Gasteiger charge is -2.15. The van der Waals surface area contributed by atoms with E-state index in [0.717, 1.165) is 0 Å². The van der Waals surface area contributed by atoms with Crippen LogP contribution in [0.5, 0.6) is 5.75 Å². The maximum absolute atomic E-state index is 12.9. The molecule has 0 aliphatic heterocycles. The molecule has 0 aliphatic carbocycles. The van der Waals surface area contributed by atoms with E-state index in [-0.39, 0.29) is 11.1 Å². The third kappa shape index (κ3) is 4.69. The number of carbonyl (C=O) groups excluding carboxylic acids is 2. The molecule has 0 saturated heterocycles. The Morgan fingerprint density at radius 1 is 1.20 bits per heavy atom. The zero-order valence-corrected chi connectivity index (χ0v) is 16.2. The second-order valence-corrected chi connectivity index (χ2v) is 6.21. The van der Waals surface area contributed by atoms with E-state index < -0.39 is 23.7 Å². The van der Waals surface area contributed by atoms with Crippen molar-refractivity contribution < 1.29 is 18.7 Å². The van der Waals surface area contributed by atoms with Gasteiger partial charge < -0.3 is 4.74 Å². The first-order valence-electron chi connectivity index (χ1n) is 9.04. The Kier molecular flexibility index (Phi) is 6.20. The molecule has 0 fully saturated rings. The Hall–Kier alpha value is -4.02. The van der Waals surface area contributed by atoms with Crippen LogP contribution in [-0.4, -0.2) is 37.9 Å². The second kappa shape index (κ2) is 8.99. The van der Waals surface area contributed by atoms with Crippen LogP contribution in [0.1, 0.15) is 29.9 Å². The highest BCUT2D eigenvalue weighted by Gasteiger charge is 2.20. The standard InChI is InChI=1S/C19H19FN6O4/c1-3-15-14(10-21-26(15)16-8-9-17(27)23-22-16)19(29)25-24-18(28)11(2)30-13-6-4-12(20)5-7-13/h4-11H,3H2,1-2H3,(H,23,27)(H,24,28)(H,25,29). The van der Waals surface area contributed by atoms with Crippen molar-refractivity contribution in [3.05, 3.63) is 70.0 Å². The largest absolute Gasteiger partial charge is 0.481 e. The molecule has 0 saturated carbocycles. The number of hydrazine groups is 1. The van der Waals surface area contributed by atoms with E-state index in [1.807, 2.05) is 6.92 Å². The van der Waals surface area contributed by atoms with Crippen molar-refractivity contribution in [2.75, 3.05) is 0 Å². The van der Waals surface area contributed by atoms with Crippen molar-refractivity contribution in [2.24, 2.45) is 0 Å². The van der Waals surface area contributed by atoms with Crippen molar-refractivity contribution in [3.8, 4) is 11.6 Å². The maximum Gasteiger partial charge on any atom is 0.279 e. The van der Waals surface area contributed by atoms with E-state index in [0.29, 0.717) is 23.7 Å². The number of ether oxygens (including phenoxy) is 1. The predicted octanol–water partition coefficient (Wildman–Crippen LogP) is 0.886. The molecule has 0 radical (unpaired) electrons. The molecule has 1 aromatic carbocycles. The van der Waals surface area contributed by atoms with Crippen LogP contribution in [-0.2, 0) is 11.2 Å². The van der Waals surface area contributed by atoms with Gasteiger partial charge in [-0.05, 0) is 43.7 Å². The van der Waals surface area contributed by atoms with E-state index in [9.17, 15) is 18.8 Å². The van der Waals surface area contributed by atoms with Gasteiger partial charge in [0.05, 0.1) is 17.5 Å². The average molecular weight is 414 g/mol. The van der Waals surface area contributed by atoms with E-state index >= 15 is 0 Å². The number of H-pyrrole nitrogens is 1. The number of hydrogen-bond donors (Lipinski definition) is 3. The summed E-state index contributed by atoms with van der Waals surface area (Å²) >= 11 is 0. The number of benzene rings is 1. The van der Waals surface area contributed by atoms with E-state index in [1.54, 1.807) is 0 Å². The molecule has 0 spiro atoms. The molecule has 156 valence electrons. The van der Waals surface area contributed by atoms with Crippen LogP contribution in [0.3, 0.4) is 0 Å². The fourth-order valence-corrected chi connectivity index (χ4v) is 2.61. The molecule has 2 amide bonds.